The monoisotopic (exact) mass is 235 g/mol. The zero-order chi connectivity index (χ0) is 12.1. The van der Waals surface area contributed by atoms with Crippen molar-refractivity contribution in [2.45, 2.75) is 33.6 Å². The minimum Gasteiger partial charge on any atom is -0.355 e. The van der Waals surface area contributed by atoms with E-state index >= 15 is 0 Å². The van der Waals surface area contributed by atoms with Gasteiger partial charge in [0.05, 0.1) is 0 Å². The molecule has 15 heavy (non-hydrogen) atoms. The Kier molecular flexibility index (Phi) is 5.28. The highest BCUT2D eigenvalue weighted by molar-refractivity contribution is 7.91. The molecule has 0 saturated heterocycles. The molecule has 0 aliphatic rings. The van der Waals surface area contributed by atoms with Gasteiger partial charge in [-0.3, -0.25) is 4.79 Å². The number of carbonyl (C=O) groups excluding carboxylic acids is 1. The number of sulfone groups is 1. The maximum atomic E-state index is 11.1. The summed E-state index contributed by atoms with van der Waals surface area (Å²) >= 11 is 0. The molecule has 0 aromatic heterocycles. The summed E-state index contributed by atoms with van der Waals surface area (Å²) in [6.45, 7) is 6.94. The molecule has 1 N–H and O–H groups in total. The lowest BCUT2D eigenvalue weighted by atomic mass is 9.91. The van der Waals surface area contributed by atoms with Crippen LogP contribution in [0.3, 0.4) is 0 Å². The Bertz CT molecular complexity index is 301. The van der Waals surface area contributed by atoms with Crippen molar-refractivity contribution >= 4 is 15.7 Å². The predicted molar refractivity (Wildman–Crippen MR) is 61.4 cm³/mol. The van der Waals surface area contributed by atoms with Crippen molar-refractivity contribution in [3.05, 3.63) is 0 Å². The first-order valence-corrected chi connectivity index (χ1v) is 7.11. The number of nitrogens with one attached hydrogen (secondary N) is 1. The molecule has 1 amide bonds. The van der Waals surface area contributed by atoms with Crippen molar-refractivity contribution in [1.82, 2.24) is 5.32 Å². The second-order valence-corrected chi connectivity index (χ2v) is 7.22. The number of rotatable bonds is 5. The van der Waals surface area contributed by atoms with Crippen LogP contribution in [0.25, 0.3) is 0 Å². The van der Waals surface area contributed by atoms with Crippen molar-refractivity contribution in [2.24, 2.45) is 5.41 Å². The molecule has 0 aliphatic carbocycles. The van der Waals surface area contributed by atoms with Crippen LogP contribution in [0.2, 0.25) is 0 Å². The van der Waals surface area contributed by atoms with Gasteiger partial charge in [0.1, 0.15) is 5.75 Å². The minimum atomic E-state index is -3.20. The molecular weight excluding hydrogens is 214 g/mol. The second kappa shape index (κ2) is 5.49. The molecule has 0 aromatic rings. The summed E-state index contributed by atoms with van der Waals surface area (Å²) in [5.41, 5.74) is 0.252. The molecule has 0 radical (unpaired) electrons. The summed E-state index contributed by atoms with van der Waals surface area (Å²) in [5, 5.41) is 2.59. The van der Waals surface area contributed by atoms with Crippen LogP contribution in [-0.2, 0) is 14.6 Å². The Morgan fingerprint density at radius 1 is 1.27 bits per heavy atom. The molecule has 5 heteroatoms. The number of hydrogen-bond acceptors (Lipinski definition) is 3. The maximum absolute atomic E-state index is 11.1. The Balaban J connectivity index is 3.66. The van der Waals surface area contributed by atoms with E-state index < -0.39 is 21.5 Å². The molecule has 0 saturated carbocycles. The van der Waals surface area contributed by atoms with Gasteiger partial charge in [0.15, 0.2) is 9.84 Å². The SMILES string of the molecule is CC(C)(C)CCCNC(=O)CS(C)(=O)=O. The van der Waals surface area contributed by atoms with Crippen LogP contribution in [0.15, 0.2) is 0 Å². The summed E-state index contributed by atoms with van der Waals surface area (Å²) < 4.78 is 21.5. The van der Waals surface area contributed by atoms with Crippen molar-refractivity contribution < 1.29 is 13.2 Å². The fraction of sp³-hybridized carbons (Fsp3) is 0.900. The van der Waals surface area contributed by atoms with Gasteiger partial charge in [-0.2, -0.15) is 0 Å². The van der Waals surface area contributed by atoms with Crippen LogP contribution in [-0.4, -0.2) is 32.9 Å². The third-order valence-electron chi connectivity index (χ3n) is 1.82. The van der Waals surface area contributed by atoms with Crippen LogP contribution < -0.4 is 5.32 Å². The van der Waals surface area contributed by atoms with Gasteiger partial charge < -0.3 is 5.32 Å². The van der Waals surface area contributed by atoms with Gasteiger partial charge in [0, 0.05) is 12.8 Å². The number of hydrogen-bond donors (Lipinski definition) is 1. The first-order chi connectivity index (χ1) is 6.60. The zero-order valence-corrected chi connectivity index (χ0v) is 10.8. The van der Waals surface area contributed by atoms with E-state index in [0.29, 0.717) is 6.54 Å². The standard InChI is InChI=1S/C10H21NO3S/c1-10(2,3)6-5-7-11-9(12)8-15(4,13)14/h5-8H2,1-4H3,(H,11,12). The van der Waals surface area contributed by atoms with E-state index in [1.807, 2.05) is 0 Å². The Hall–Kier alpha value is -0.580. The molecular formula is C10H21NO3S. The van der Waals surface area contributed by atoms with Crippen LogP contribution in [0.1, 0.15) is 33.6 Å². The van der Waals surface area contributed by atoms with Crippen molar-refractivity contribution in [1.29, 1.82) is 0 Å². The van der Waals surface area contributed by atoms with E-state index in [-0.39, 0.29) is 5.41 Å². The smallest absolute Gasteiger partial charge is 0.235 e. The first kappa shape index (κ1) is 14.4. The molecule has 0 fully saturated rings. The van der Waals surface area contributed by atoms with E-state index in [1.54, 1.807) is 0 Å². The Morgan fingerprint density at radius 3 is 2.20 bits per heavy atom. The lowest BCUT2D eigenvalue weighted by Crippen LogP contribution is -2.31. The molecule has 0 spiro atoms. The van der Waals surface area contributed by atoms with Crippen LogP contribution >= 0.6 is 0 Å². The van der Waals surface area contributed by atoms with Crippen molar-refractivity contribution in [3.63, 3.8) is 0 Å². The third-order valence-corrected chi connectivity index (χ3v) is 2.61. The fourth-order valence-corrected chi connectivity index (χ4v) is 1.71. The summed E-state index contributed by atoms with van der Waals surface area (Å²) in [7, 11) is -3.20. The first-order valence-electron chi connectivity index (χ1n) is 5.05. The van der Waals surface area contributed by atoms with E-state index in [1.165, 1.54) is 0 Å². The van der Waals surface area contributed by atoms with Crippen LogP contribution in [0, 0.1) is 5.41 Å². The largest absolute Gasteiger partial charge is 0.355 e. The Labute approximate surface area is 92.4 Å². The number of amides is 1. The van der Waals surface area contributed by atoms with E-state index in [4.69, 9.17) is 0 Å². The maximum Gasteiger partial charge on any atom is 0.235 e. The molecule has 0 rings (SSSR count). The number of carbonyl (C=O) groups is 1. The highest BCUT2D eigenvalue weighted by Crippen LogP contribution is 2.19. The summed E-state index contributed by atoms with van der Waals surface area (Å²) in [6.07, 6.45) is 2.94. The van der Waals surface area contributed by atoms with Gasteiger partial charge >= 0.3 is 0 Å². The summed E-state index contributed by atoms with van der Waals surface area (Å²) in [5.74, 6) is -0.825. The molecule has 0 aromatic carbocycles. The normalized spacial score (nSPS) is 12.5. The lowest BCUT2D eigenvalue weighted by molar-refractivity contribution is -0.118. The topological polar surface area (TPSA) is 63.2 Å². The highest BCUT2D eigenvalue weighted by Gasteiger charge is 2.12. The molecule has 0 heterocycles. The van der Waals surface area contributed by atoms with Gasteiger partial charge in [-0.1, -0.05) is 20.8 Å². The predicted octanol–water partition coefficient (Wildman–Crippen LogP) is 0.974. The molecule has 90 valence electrons. The van der Waals surface area contributed by atoms with Gasteiger partial charge in [-0.15, -0.1) is 0 Å². The van der Waals surface area contributed by atoms with Gasteiger partial charge in [-0.05, 0) is 18.3 Å². The van der Waals surface area contributed by atoms with Gasteiger partial charge in [-0.25, -0.2) is 8.42 Å². The van der Waals surface area contributed by atoms with E-state index in [0.717, 1.165) is 19.1 Å². The Morgan fingerprint density at radius 2 is 1.80 bits per heavy atom. The van der Waals surface area contributed by atoms with Crippen LogP contribution in [0.5, 0.6) is 0 Å². The second-order valence-electron chi connectivity index (χ2n) is 5.08. The summed E-state index contributed by atoms with van der Waals surface area (Å²) in [6, 6.07) is 0. The van der Waals surface area contributed by atoms with Crippen LogP contribution in [0.4, 0.5) is 0 Å². The average molecular weight is 235 g/mol. The van der Waals surface area contributed by atoms with Crippen molar-refractivity contribution in [2.75, 3.05) is 18.6 Å². The molecule has 4 nitrogen and oxygen atoms in total. The molecule has 0 atom stereocenters. The average Bonchev–Trinajstić information content (AvgIpc) is 1.92. The quantitative estimate of drug-likeness (QED) is 0.722. The van der Waals surface area contributed by atoms with E-state index in [2.05, 4.69) is 26.1 Å². The lowest BCUT2D eigenvalue weighted by Gasteiger charge is -2.17. The highest BCUT2D eigenvalue weighted by atomic mass is 32.2. The fourth-order valence-electron chi connectivity index (χ4n) is 1.14. The minimum absolute atomic E-state index is 0.252. The molecule has 0 bridgehead atoms. The third kappa shape index (κ3) is 11.3. The van der Waals surface area contributed by atoms with Gasteiger partial charge in [0.2, 0.25) is 5.91 Å². The zero-order valence-electron chi connectivity index (χ0n) is 9.96. The summed E-state index contributed by atoms with van der Waals surface area (Å²) in [4.78, 5) is 11.1. The van der Waals surface area contributed by atoms with E-state index in [9.17, 15) is 13.2 Å². The van der Waals surface area contributed by atoms with Crippen molar-refractivity contribution in [3.8, 4) is 0 Å². The molecule has 0 unspecified atom stereocenters. The van der Waals surface area contributed by atoms with Gasteiger partial charge in [0.25, 0.3) is 0 Å². The molecule has 0 aliphatic heterocycles.